The molecular formula is C21H26O4. The third-order valence-corrected chi connectivity index (χ3v) is 5.69. The first kappa shape index (κ1) is 17.7. The molecule has 0 saturated heterocycles. The van der Waals surface area contributed by atoms with Gasteiger partial charge in [-0.3, -0.25) is 9.59 Å². The molecule has 0 spiro atoms. The van der Waals surface area contributed by atoms with Crippen LogP contribution in [0.25, 0.3) is 0 Å². The van der Waals surface area contributed by atoms with E-state index in [0.29, 0.717) is 5.57 Å². The van der Waals surface area contributed by atoms with E-state index in [1.807, 2.05) is 0 Å². The summed E-state index contributed by atoms with van der Waals surface area (Å²) >= 11 is 0. The fourth-order valence-corrected chi connectivity index (χ4v) is 4.23. The van der Waals surface area contributed by atoms with Crippen molar-refractivity contribution in [3.8, 4) is 11.5 Å². The highest BCUT2D eigenvalue weighted by atomic mass is 16.3. The van der Waals surface area contributed by atoms with Gasteiger partial charge in [-0.2, -0.15) is 0 Å². The number of hydrogen-bond donors (Lipinski definition) is 2. The average molecular weight is 342 g/mol. The van der Waals surface area contributed by atoms with Crippen molar-refractivity contribution in [1.29, 1.82) is 0 Å². The maximum atomic E-state index is 12.8. The number of phenolic OH excluding ortho intramolecular Hbond substituents is 2. The molecule has 1 saturated carbocycles. The van der Waals surface area contributed by atoms with E-state index in [1.165, 1.54) is 43.9 Å². The van der Waals surface area contributed by atoms with Crippen LogP contribution in [0, 0.1) is 11.8 Å². The Morgan fingerprint density at radius 1 is 0.960 bits per heavy atom. The first-order valence-electron chi connectivity index (χ1n) is 9.38. The van der Waals surface area contributed by atoms with Gasteiger partial charge in [0.2, 0.25) is 0 Å². The molecule has 4 nitrogen and oxygen atoms in total. The van der Waals surface area contributed by atoms with E-state index >= 15 is 0 Å². The first-order valence-corrected chi connectivity index (χ1v) is 9.38. The first-order chi connectivity index (χ1) is 12.0. The lowest BCUT2D eigenvalue weighted by Gasteiger charge is -2.31. The number of carbonyl (C=O) groups excluding carboxylic acids is 2. The lowest BCUT2D eigenvalue weighted by atomic mass is 9.73. The van der Waals surface area contributed by atoms with Crippen LogP contribution in [0.2, 0.25) is 0 Å². The smallest absolute Gasteiger partial charge is 0.194 e. The molecule has 1 aromatic carbocycles. The molecule has 2 aliphatic carbocycles. The second-order valence-corrected chi connectivity index (χ2v) is 7.36. The van der Waals surface area contributed by atoms with Gasteiger partial charge in [-0.05, 0) is 55.7 Å². The Kier molecular flexibility index (Phi) is 5.26. The summed E-state index contributed by atoms with van der Waals surface area (Å²) in [6.07, 6.45) is 10.4. The quantitative estimate of drug-likeness (QED) is 0.596. The van der Waals surface area contributed by atoms with Crippen LogP contribution in [-0.4, -0.2) is 21.8 Å². The minimum atomic E-state index is -0.386. The number of fused-ring (bicyclic) bond motifs is 1. The molecular weight excluding hydrogens is 316 g/mol. The standard InChI is InChI=1S/C21H26O4/c1-2-3-4-5-13-6-8-14(9-7-13)15-12-18(24)19-16(22)10-11-17(23)20(19)21(15)25/h10-14,22-23H,2-9H2,1H3. The number of hydrogen-bond acceptors (Lipinski definition) is 4. The Bertz CT molecular complexity index is 709. The molecule has 0 radical (unpaired) electrons. The predicted molar refractivity (Wildman–Crippen MR) is 96.1 cm³/mol. The van der Waals surface area contributed by atoms with Crippen LogP contribution in [0.4, 0.5) is 0 Å². The van der Waals surface area contributed by atoms with Crippen molar-refractivity contribution >= 4 is 11.6 Å². The number of unbranched alkanes of at least 4 members (excludes halogenated alkanes) is 2. The number of phenols is 2. The predicted octanol–water partition coefficient (Wildman–Crippen LogP) is 4.79. The fourth-order valence-electron chi connectivity index (χ4n) is 4.23. The largest absolute Gasteiger partial charge is 0.507 e. The Labute approximate surface area is 148 Å². The molecule has 0 aromatic heterocycles. The summed E-state index contributed by atoms with van der Waals surface area (Å²) in [4.78, 5) is 25.2. The number of carbonyl (C=O) groups is 2. The normalized spacial score (nSPS) is 23.3. The minimum Gasteiger partial charge on any atom is -0.507 e. The van der Waals surface area contributed by atoms with Crippen LogP contribution in [0.5, 0.6) is 11.5 Å². The second-order valence-electron chi connectivity index (χ2n) is 7.36. The van der Waals surface area contributed by atoms with Crippen molar-refractivity contribution in [3.05, 3.63) is 34.9 Å². The SMILES string of the molecule is CCCCCC1CCC(C2=CC(=O)c3c(O)ccc(O)c3C2=O)CC1. The third-order valence-electron chi connectivity index (χ3n) is 5.69. The van der Waals surface area contributed by atoms with E-state index < -0.39 is 0 Å². The number of rotatable bonds is 5. The van der Waals surface area contributed by atoms with Crippen molar-refractivity contribution in [3.63, 3.8) is 0 Å². The fraction of sp³-hybridized carbons (Fsp3) is 0.524. The van der Waals surface area contributed by atoms with E-state index in [1.54, 1.807) is 0 Å². The molecule has 2 N–H and O–H groups in total. The number of aromatic hydroxyl groups is 2. The van der Waals surface area contributed by atoms with Crippen LogP contribution in [-0.2, 0) is 0 Å². The lowest BCUT2D eigenvalue weighted by molar-refractivity contribution is 0.0963. The van der Waals surface area contributed by atoms with Crippen molar-refractivity contribution in [2.24, 2.45) is 11.8 Å². The molecule has 3 rings (SSSR count). The molecule has 0 atom stereocenters. The van der Waals surface area contributed by atoms with Crippen LogP contribution in [0.1, 0.15) is 79.0 Å². The van der Waals surface area contributed by atoms with Gasteiger partial charge in [0, 0.05) is 5.57 Å². The zero-order chi connectivity index (χ0) is 18.0. The molecule has 0 aliphatic heterocycles. The molecule has 4 heteroatoms. The summed E-state index contributed by atoms with van der Waals surface area (Å²) in [5, 5.41) is 19.9. The van der Waals surface area contributed by atoms with E-state index in [9.17, 15) is 19.8 Å². The highest BCUT2D eigenvalue weighted by molar-refractivity contribution is 6.26. The Balaban J connectivity index is 1.74. The molecule has 2 aliphatic rings. The maximum Gasteiger partial charge on any atom is 0.194 e. The van der Waals surface area contributed by atoms with Crippen molar-refractivity contribution in [2.75, 3.05) is 0 Å². The molecule has 1 fully saturated rings. The van der Waals surface area contributed by atoms with E-state index in [4.69, 9.17) is 0 Å². The molecule has 0 heterocycles. The summed E-state index contributed by atoms with van der Waals surface area (Å²) < 4.78 is 0. The zero-order valence-corrected chi connectivity index (χ0v) is 14.8. The van der Waals surface area contributed by atoms with Gasteiger partial charge in [0.1, 0.15) is 11.5 Å². The van der Waals surface area contributed by atoms with Gasteiger partial charge in [0.05, 0.1) is 11.1 Å². The van der Waals surface area contributed by atoms with Crippen molar-refractivity contribution in [1.82, 2.24) is 0 Å². The average Bonchev–Trinajstić information content (AvgIpc) is 2.61. The van der Waals surface area contributed by atoms with E-state index in [0.717, 1.165) is 31.6 Å². The van der Waals surface area contributed by atoms with Crippen LogP contribution >= 0.6 is 0 Å². The van der Waals surface area contributed by atoms with Crippen LogP contribution in [0.15, 0.2) is 23.8 Å². The summed E-state index contributed by atoms with van der Waals surface area (Å²) in [7, 11) is 0. The number of allylic oxidation sites excluding steroid dienone is 2. The maximum absolute atomic E-state index is 12.8. The van der Waals surface area contributed by atoms with Gasteiger partial charge in [0.15, 0.2) is 11.6 Å². The zero-order valence-electron chi connectivity index (χ0n) is 14.8. The Hall–Kier alpha value is -2.10. The minimum absolute atomic E-state index is 0.0347. The van der Waals surface area contributed by atoms with Crippen LogP contribution < -0.4 is 0 Å². The highest BCUT2D eigenvalue weighted by Crippen LogP contribution is 2.41. The van der Waals surface area contributed by atoms with Gasteiger partial charge >= 0.3 is 0 Å². The van der Waals surface area contributed by atoms with E-state index in [-0.39, 0.29) is 40.1 Å². The van der Waals surface area contributed by atoms with Gasteiger partial charge < -0.3 is 10.2 Å². The Morgan fingerprint density at radius 3 is 2.24 bits per heavy atom. The molecule has 25 heavy (non-hydrogen) atoms. The molecule has 0 bridgehead atoms. The second kappa shape index (κ2) is 7.42. The summed E-state index contributed by atoms with van der Waals surface area (Å²) in [5.74, 6) is -0.372. The van der Waals surface area contributed by atoms with Crippen molar-refractivity contribution in [2.45, 2.75) is 58.3 Å². The van der Waals surface area contributed by atoms with Gasteiger partial charge in [-0.25, -0.2) is 0 Å². The monoisotopic (exact) mass is 342 g/mol. The number of ketones is 2. The molecule has 0 amide bonds. The Morgan fingerprint density at radius 2 is 1.60 bits per heavy atom. The molecule has 1 aromatic rings. The lowest BCUT2D eigenvalue weighted by Crippen LogP contribution is -2.25. The van der Waals surface area contributed by atoms with Crippen LogP contribution in [0.3, 0.4) is 0 Å². The molecule has 134 valence electrons. The van der Waals surface area contributed by atoms with Gasteiger partial charge in [-0.15, -0.1) is 0 Å². The summed E-state index contributed by atoms with van der Waals surface area (Å²) in [5.41, 5.74) is 0.403. The number of Topliss-reactive ketones (excluding diaryl/α,β-unsaturated/α-hetero) is 1. The highest BCUT2D eigenvalue weighted by Gasteiger charge is 2.35. The van der Waals surface area contributed by atoms with Gasteiger partial charge in [-0.1, -0.05) is 32.6 Å². The number of benzene rings is 1. The summed E-state index contributed by atoms with van der Waals surface area (Å²) in [6.45, 7) is 2.21. The topological polar surface area (TPSA) is 74.6 Å². The molecule has 0 unspecified atom stereocenters. The summed E-state index contributed by atoms with van der Waals surface area (Å²) in [6, 6.07) is 2.52. The third kappa shape index (κ3) is 3.48. The van der Waals surface area contributed by atoms with Gasteiger partial charge in [0.25, 0.3) is 0 Å². The van der Waals surface area contributed by atoms with E-state index in [2.05, 4.69) is 6.92 Å². The van der Waals surface area contributed by atoms with Crippen molar-refractivity contribution < 1.29 is 19.8 Å².